The molecule has 0 spiro atoms. The normalized spacial score (nSPS) is 12.6. The van der Waals surface area contributed by atoms with E-state index in [0.717, 1.165) is 27.5 Å². The molecule has 0 aliphatic heterocycles. The molecule has 0 saturated carbocycles. The number of nitrogens with one attached hydrogen (secondary N) is 1. The Labute approximate surface area is 174 Å². The van der Waals surface area contributed by atoms with Crippen LogP contribution >= 0.6 is 22.7 Å². The van der Waals surface area contributed by atoms with Crippen LogP contribution < -0.4 is 5.32 Å². The quantitative estimate of drug-likeness (QED) is 0.448. The largest absolute Gasteiger partial charge is 0.423 e. The lowest BCUT2D eigenvalue weighted by atomic mass is 10.3. The fourth-order valence-corrected chi connectivity index (χ4v) is 4.12. The molecule has 5 nitrogen and oxygen atoms in total. The average molecular weight is 468 g/mol. The molecule has 0 radical (unpaired) electrons. The molecule has 162 valence electrons. The van der Waals surface area contributed by atoms with Gasteiger partial charge in [0.25, 0.3) is 0 Å². The molecule has 0 amide bonds. The predicted octanol–water partition coefficient (Wildman–Crippen LogP) is 6.03. The van der Waals surface area contributed by atoms with E-state index in [1.165, 1.54) is 34.8 Å². The van der Waals surface area contributed by atoms with Gasteiger partial charge in [0.15, 0.2) is 5.13 Å². The number of anilines is 2. The summed E-state index contributed by atoms with van der Waals surface area (Å²) >= 11 is 2.84. The highest BCUT2D eigenvalue weighted by Gasteiger charge is 2.57. The van der Waals surface area contributed by atoms with Crippen LogP contribution in [0.4, 0.5) is 37.3 Å². The first kappa shape index (κ1) is 22.4. The van der Waals surface area contributed by atoms with Crippen LogP contribution in [0.15, 0.2) is 23.7 Å². The molecular weight excluding hydrogens is 454 g/mol. The van der Waals surface area contributed by atoms with Gasteiger partial charge in [-0.2, -0.15) is 26.3 Å². The Morgan fingerprint density at radius 1 is 1.07 bits per heavy atom. The van der Waals surface area contributed by atoms with Crippen LogP contribution in [0.5, 0.6) is 0 Å². The maximum Gasteiger partial charge on any atom is 0.423 e. The second-order valence-electron chi connectivity index (χ2n) is 6.14. The topological polar surface area (TPSA) is 59.9 Å². The number of aromatic nitrogens is 3. The number of nitrogens with zero attached hydrogens (tertiary/aromatic N) is 3. The zero-order valence-electron chi connectivity index (χ0n) is 15.4. The van der Waals surface area contributed by atoms with E-state index in [2.05, 4.69) is 25.0 Å². The third-order valence-electron chi connectivity index (χ3n) is 3.71. The first-order valence-electron chi connectivity index (χ1n) is 8.30. The Balaban J connectivity index is 1.63. The molecule has 1 N–H and O–H groups in total. The zero-order valence-corrected chi connectivity index (χ0v) is 17.1. The number of thiazole rings is 2. The second kappa shape index (κ2) is 8.47. The van der Waals surface area contributed by atoms with Crippen LogP contribution in [0.3, 0.4) is 0 Å². The minimum atomic E-state index is -5.55. The van der Waals surface area contributed by atoms with Crippen molar-refractivity contribution < 1.29 is 31.1 Å². The van der Waals surface area contributed by atoms with Crippen LogP contribution in [-0.4, -0.2) is 33.4 Å². The molecule has 0 saturated heterocycles. The maximum atomic E-state index is 12.5. The minimum absolute atomic E-state index is 0.0645. The lowest BCUT2D eigenvalue weighted by Crippen LogP contribution is -2.44. The highest BCUT2D eigenvalue weighted by molar-refractivity contribution is 7.16. The molecule has 3 aromatic heterocycles. The number of halogens is 6. The van der Waals surface area contributed by atoms with Gasteiger partial charge in [-0.15, -0.1) is 22.7 Å². The summed E-state index contributed by atoms with van der Waals surface area (Å²) < 4.78 is 79.0. The molecule has 0 aliphatic carbocycles. The fraction of sp³-hybridized carbons (Fsp3) is 0.353. The summed E-state index contributed by atoms with van der Waals surface area (Å²) in [5, 5.41) is 6.23. The van der Waals surface area contributed by atoms with E-state index in [4.69, 9.17) is 0 Å². The maximum absolute atomic E-state index is 12.5. The summed E-state index contributed by atoms with van der Waals surface area (Å²) in [5.74, 6) is 0.333. The first-order valence-corrected chi connectivity index (χ1v) is 10.00. The van der Waals surface area contributed by atoms with Gasteiger partial charge in [0.1, 0.15) is 5.82 Å². The van der Waals surface area contributed by atoms with Gasteiger partial charge in [-0.05, 0) is 25.5 Å². The summed E-state index contributed by atoms with van der Waals surface area (Å²) in [6, 6.07) is 2.74. The van der Waals surface area contributed by atoms with Crippen LogP contribution in [0.25, 0.3) is 10.6 Å². The molecule has 3 heterocycles. The molecule has 30 heavy (non-hydrogen) atoms. The molecule has 3 rings (SSSR count). The minimum Gasteiger partial charge on any atom is -0.356 e. The van der Waals surface area contributed by atoms with E-state index in [1.54, 1.807) is 0 Å². The van der Waals surface area contributed by atoms with Crippen molar-refractivity contribution in [1.82, 2.24) is 15.0 Å². The summed E-state index contributed by atoms with van der Waals surface area (Å²) in [6.07, 6.45) is -13.8. The number of rotatable bonds is 6. The van der Waals surface area contributed by atoms with Crippen LogP contribution in [-0.2, 0) is 11.3 Å². The van der Waals surface area contributed by atoms with Crippen molar-refractivity contribution in [3.8, 4) is 10.6 Å². The van der Waals surface area contributed by atoms with Gasteiger partial charge in [-0.25, -0.2) is 15.0 Å². The number of hydrogen-bond donors (Lipinski definition) is 1. The van der Waals surface area contributed by atoms with E-state index in [9.17, 15) is 26.3 Å². The molecule has 0 aliphatic rings. The van der Waals surface area contributed by atoms with Gasteiger partial charge in [0, 0.05) is 11.6 Å². The van der Waals surface area contributed by atoms with Crippen molar-refractivity contribution in [2.24, 2.45) is 0 Å². The molecule has 0 fully saturated rings. The Kier molecular flexibility index (Phi) is 6.34. The summed E-state index contributed by atoms with van der Waals surface area (Å²) in [5.41, 5.74) is 1.68. The zero-order chi connectivity index (χ0) is 22.1. The Hall–Kier alpha value is -2.25. The Morgan fingerprint density at radius 2 is 1.77 bits per heavy atom. The number of aryl methyl sites for hydroxylation is 2. The van der Waals surface area contributed by atoms with Crippen molar-refractivity contribution in [2.75, 3.05) is 5.32 Å². The van der Waals surface area contributed by atoms with E-state index in [0.29, 0.717) is 10.9 Å². The summed E-state index contributed by atoms with van der Waals surface area (Å²) in [4.78, 5) is 13.7. The van der Waals surface area contributed by atoms with Gasteiger partial charge >= 0.3 is 12.4 Å². The molecular formula is C17H14F6N4OS2. The lowest BCUT2D eigenvalue weighted by Gasteiger charge is -2.23. The molecule has 0 atom stereocenters. The third-order valence-corrected chi connectivity index (χ3v) is 5.56. The molecule has 0 bridgehead atoms. The lowest BCUT2D eigenvalue weighted by molar-refractivity contribution is -0.324. The monoisotopic (exact) mass is 468 g/mol. The van der Waals surface area contributed by atoms with Crippen LogP contribution in [0, 0.1) is 13.8 Å². The van der Waals surface area contributed by atoms with Crippen molar-refractivity contribution in [3.63, 3.8) is 0 Å². The van der Waals surface area contributed by atoms with Gasteiger partial charge in [0.05, 0.1) is 27.9 Å². The van der Waals surface area contributed by atoms with E-state index < -0.39 is 25.1 Å². The SMILES string of the molecule is Cc1nc(C)c(-c2csc(Nc3ccc(COC(C(F)(F)F)C(F)(F)F)cn3)n2)s1. The van der Waals surface area contributed by atoms with Crippen molar-refractivity contribution >= 4 is 33.6 Å². The molecule has 0 aromatic carbocycles. The number of hydrogen-bond acceptors (Lipinski definition) is 7. The van der Waals surface area contributed by atoms with E-state index in [-0.39, 0.29) is 5.56 Å². The molecule has 13 heteroatoms. The average Bonchev–Trinajstić information content (AvgIpc) is 3.20. The Morgan fingerprint density at radius 3 is 2.30 bits per heavy atom. The number of pyridine rings is 1. The van der Waals surface area contributed by atoms with Gasteiger partial charge in [-0.3, -0.25) is 0 Å². The van der Waals surface area contributed by atoms with E-state index in [1.807, 2.05) is 19.2 Å². The molecule has 0 unspecified atom stereocenters. The standard InChI is InChI=1S/C17H14F6N4OS2/c1-8-13(30-9(2)25-8)11-7-29-15(26-11)27-12-4-3-10(5-24-12)6-28-14(16(18,19)20)17(21,22)23/h3-5,7,14H,6H2,1-2H3,(H,24,26,27). The summed E-state index contributed by atoms with van der Waals surface area (Å²) in [6.45, 7) is 2.89. The van der Waals surface area contributed by atoms with Gasteiger partial charge < -0.3 is 10.1 Å². The second-order valence-corrected chi connectivity index (χ2v) is 8.20. The number of alkyl halides is 6. The van der Waals surface area contributed by atoms with Crippen LogP contribution in [0.2, 0.25) is 0 Å². The Bertz CT molecular complexity index is 983. The first-order chi connectivity index (χ1) is 13.9. The molecule has 3 aromatic rings. The van der Waals surface area contributed by atoms with E-state index >= 15 is 0 Å². The predicted molar refractivity (Wildman–Crippen MR) is 101 cm³/mol. The smallest absolute Gasteiger partial charge is 0.356 e. The van der Waals surface area contributed by atoms with Crippen LogP contribution in [0.1, 0.15) is 16.3 Å². The highest BCUT2D eigenvalue weighted by atomic mass is 32.1. The summed E-state index contributed by atoms with van der Waals surface area (Å²) in [7, 11) is 0. The third kappa shape index (κ3) is 5.46. The highest BCUT2D eigenvalue weighted by Crippen LogP contribution is 2.36. The van der Waals surface area contributed by atoms with Crippen molar-refractivity contribution in [1.29, 1.82) is 0 Å². The van der Waals surface area contributed by atoms with Gasteiger partial charge in [-0.1, -0.05) is 6.07 Å². The van der Waals surface area contributed by atoms with Crippen molar-refractivity contribution in [2.45, 2.75) is 38.9 Å². The number of ether oxygens (including phenoxy) is 1. The van der Waals surface area contributed by atoms with Crippen molar-refractivity contribution in [3.05, 3.63) is 40.0 Å². The van der Waals surface area contributed by atoms with Gasteiger partial charge in [0.2, 0.25) is 6.10 Å². The fourth-order valence-electron chi connectivity index (χ4n) is 2.45.